The van der Waals surface area contributed by atoms with Crippen molar-refractivity contribution in [3.8, 4) is 23.5 Å². The third-order valence-electron chi connectivity index (χ3n) is 8.57. The molecule has 0 aliphatic carbocycles. The number of carbonyl (C=O) groups excluding carboxylic acids is 3. The summed E-state index contributed by atoms with van der Waals surface area (Å²) in [5.41, 5.74) is 1.84. The Kier molecular flexibility index (Phi) is 15.1. The number of aromatic nitrogens is 4. The zero-order chi connectivity index (χ0) is 45.5. The average molecular weight is 1020 g/mol. The van der Waals surface area contributed by atoms with Crippen LogP contribution in [0.3, 0.4) is 0 Å². The number of aliphatic carboxylic acids is 1. The van der Waals surface area contributed by atoms with Crippen LogP contribution in [-0.2, 0) is 23.9 Å². The molecule has 0 aliphatic rings. The molecule has 2 amide bonds. The highest BCUT2D eigenvalue weighted by molar-refractivity contribution is 9.10. The van der Waals surface area contributed by atoms with E-state index in [2.05, 4.69) is 54.0 Å². The Hall–Kier alpha value is -5.94. The smallest absolute Gasteiger partial charge is 0.377 e. The summed E-state index contributed by atoms with van der Waals surface area (Å²) in [5, 5.41) is 25.5. The molecule has 0 saturated heterocycles. The molecule has 2 heterocycles. The van der Waals surface area contributed by atoms with E-state index in [1.807, 2.05) is 5.32 Å². The number of halogens is 6. The van der Waals surface area contributed by atoms with Crippen molar-refractivity contribution in [2.24, 2.45) is 0 Å². The molecule has 2 atom stereocenters. The van der Waals surface area contributed by atoms with Crippen LogP contribution in [0.15, 0.2) is 105 Å². The summed E-state index contributed by atoms with van der Waals surface area (Å²) in [6, 6.07) is 21.9. The molecule has 22 heteroatoms. The molecule has 0 fully saturated rings. The van der Waals surface area contributed by atoms with Gasteiger partial charge in [-0.2, -0.15) is 28.1 Å². The minimum absolute atomic E-state index is 0.0588. The van der Waals surface area contributed by atoms with Crippen molar-refractivity contribution in [1.82, 2.24) is 29.7 Å². The number of rotatable bonds is 13. The molecular weight excluding hydrogens is 988 g/mol. The molecule has 3 N–H and O–H groups in total. The third kappa shape index (κ3) is 10.4. The maximum absolute atomic E-state index is 14.7. The summed E-state index contributed by atoms with van der Waals surface area (Å²) in [6.45, 7) is 3.98. The zero-order valence-corrected chi connectivity index (χ0v) is 37.0. The van der Waals surface area contributed by atoms with Gasteiger partial charge in [-0.05, 0) is 100 Å². The van der Waals surface area contributed by atoms with E-state index in [0.29, 0.717) is 53.3 Å². The Balaban J connectivity index is 0.000000235. The van der Waals surface area contributed by atoms with E-state index in [-0.39, 0.29) is 40.4 Å². The highest BCUT2D eigenvalue weighted by Crippen LogP contribution is 2.41. The topological polar surface area (TPSA) is 205 Å². The molecule has 0 saturated carbocycles. The van der Waals surface area contributed by atoms with E-state index in [1.54, 1.807) is 85.0 Å². The number of nitriles is 2. The van der Waals surface area contributed by atoms with Gasteiger partial charge < -0.3 is 20.5 Å². The monoisotopic (exact) mass is 1020 g/mol. The first-order valence-corrected chi connectivity index (χ1v) is 21.0. The summed E-state index contributed by atoms with van der Waals surface area (Å²) in [7, 11) is 0. The molecule has 0 radical (unpaired) electrons. The summed E-state index contributed by atoms with van der Waals surface area (Å²) in [6.07, 6.45) is 2.65. The number of benzene rings is 4. The van der Waals surface area contributed by atoms with Crippen molar-refractivity contribution in [3.05, 3.63) is 106 Å². The van der Waals surface area contributed by atoms with Gasteiger partial charge in [0.05, 0.1) is 53.6 Å². The number of nitrogens with one attached hydrogen (secondary N) is 2. The number of imidazole rings is 2. The van der Waals surface area contributed by atoms with E-state index < -0.39 is 46.3 Å². The largest absolute Gasteiger partial charge is 0.480 e. The normalized spacial score (nSPS) is 12.3. The van der Waals surface area contributed by atoms with Crippen LogP contribution in [0.25, 0.3) is 32.9 Å². The molecule has 4 aromatic carbocycles. The van der Waals surface area contributed by atoms with Crippen molar-refractivity contribution in [3.63, 3.8) is 0 Å². The lowest BCUT2D eigenvalue weighted by molar-refractivity contribution is -0.149. The Labute approximate surface area is 374 Å². The number of thioether (sulfide) groups is 2. The Bertz CT molecular complexity index is 2790. The second-order valence-corrected chi connectivity index (χ2v) is 16.5. The number of amides is 2. The van der Waals surface area contributed by atoms with E-state index in [0.717, 1.165) is 6.92 Å². The number of hydrogen-bond donors (Lipinski definition) is 3. The fraction of sp³-hybridized carbons (Fsp3) is 0.200. The molecule has 62 heavy (non-hydrogen) atoms. The van der Waals surface area contributed by atoms with Crippen LogP contribution in [-0.4, -0.2) is 77.2 Å². The van der Waals surface area contributed by atoms with Gasteiger partial charge in [-0.15, -0.1) is 0 Å². The number of nitrogens with zero attached hydrogens (tertiary/aromatic N) is 6. The van der Waals surface area contributed by atoms with Crippen LogP contribution in [0.1, 0.15) is 31.9 Å². The molecule has 320 valence electrons. The summed E-state index contributed by atoms with van der Waals surface area (Å²) >= 11 is 6.42. The lowest BCUT2D eigenvalue weighted by atomic mass is 10.0. The fourth-order valence-corrected chi connectivity index (χ4v) is 8.34. The van der Waals surface area contributed by atoms with E-state index in [1.165, 1.54) is 28.5 Å². The van der Waals surface area contributed by atoms with Crippen LogP contribution < -0.4 is 10.6 Å². The second kappa shape index (κ2) is 19.8. The number of carboxylic acids is 1. The predicted octanol–water partition coefficient (Wildman–Crippen LogP) is 8.35. The summed E-state index contributed by atoms with van der Waals surface area (Å²) < 4.78 is 66.8. The van der Waals surface area contributed by atoms with Crippen LogP contribution >= 0.6 is 55.4 Å². The highest BCUT2D eigenvalue weighted by Gasteiger charge is 2.44. The Morgan fingerprint density at radius 2 is 1.11 bits per heavy atom. The third-order valence-corrected chi connectivity index (χ3v) is 11.5. The van der Waals surface area contributed by atoms with Crippen molar-refractivity contribution < 1.29 is 46.6 Å². The fourth-order valence-electron chi connectivity index (χ4n) is 5.63. The van der Waals surface area contributed by atoms with Crippen molar-refractivity contribution in [2.45, 2.75) is 53.7 Å². The van der Waals surface area contributed by atoms with Gasteiger partial charge in [0.2, 0.25) is 0 Å². The predicted molar refractivity (Wildman–Crippen MR) is 228 cm³/mol. The molecule has 6 rings (SSSR count). The van der Waals surface area contributed by atoms with Gasteiger partial charge in [-0.1, -0.05) is 48.5 Å². The lowest BCUT2D eigenvalue weighted by Crippen LogP contribution is -2.46. The van der Waals surface area contributed by atoms with Crippen molar-refractivity contribution >= 4 is 101 Å². The maximum atomic E-state index is 14.7. The van der Waals surface area contributed by atoms with Crippen molar-refractivity contribution in [2.75, 3.05) is 6.61 Å². The zero-order valence-electron chi connectivity index (χ0n) is 32.2. The average Bonchev–Trinajstić information content (AvgIpc) is 3.78. The van der Waals surface area contributed by atoms with E-state index >= 15 is 0 Å². The number of esters is 1. The number of carboxylic acid groups (broad SMARTS) is 1. The van der Waals surface area contributed by atoms with Gasteiger partial charge in [-0.3, -0.25) is 23.5 Å². The molecule has 2 aromatic heterocycles. The molecule has 6 aromatic rings. The minimum Gasteiger partial charge on any atom is -0.480 e. The van der Waals surface area contributed by atoms with Gasteiger partial charge in [0, 0.05) is 21.5 Å². The van der Waals surface area contributed by atoms with Gasteiger partial charge >= 0.3 is 34.3 Å². The Morgan fingerprint density at radius 3 is 1.48 bits per heavy atom. The van der Waals surface area contributed by atoms with Gasteiger partial charge in [0.1, 0.15) is 21.3 Å². The van der Waals surface area contributed by atoms with Crippen molar-refractivity contribution in [1.29, 1.82) is 10.5 Å². The van der Waals surface area contributed by atoms with Crippen LogP contribution in [0.5, 0.6) is 0 Å². The number of alkyl halides is 4. The number of hydrogen-bond acceptors (Lipinski definition) is 11. The highest BCUT2D eigenvalue weighted by atomic mass is 79.9. The first kappa shape index (κ1) is 47.1. The van der Waals surface area contributed by atoms with Crippen LogP contribution in [0, 0.1) is 22.7 Å². The molecule has 0 spiro atoms. The maximum Gasteiger partial charge on any atom is 0.377 e. The molecule has 0 aliphatic heterocycles. The van der Waals surface area contributed by atoms with Crippen LogP contribution in [0.4, 0.5) is 17.6 Å². The second-order valence-electron chi connectivity index (χ2n) is 12.7. The van der Waals surface area contributed by atoms with Crippen LogP contribution in [0.2, 0.25) is 0 Å². The molecule has 14 nitrogen and oxygen atoms in total. The molecule has 2 unspecified atom stereocenters. The minimum atomic E-state index is -3.98. The molecular formula is C40H30Br2F4N8O6S2. The van der Waals surface area contributed by atoms with Gasteiger partial charge in [-0.25, -0.2) is 14.8 Å². The first-order valence-electron chi connectivity index (χ1n) is 17.8. The molecule has 0 bridgehead atoms. The van der Waals surface area contributed by atoms with Gasteiger partial charge in [0.25, 0.3) is 0 Å². The van der Waals surface area contributed by atoms with E-state index in [4.69, 9.17) is 9.84 Å². The Morgan fingerprint density at radius 1 is 0.726 bits per heavy atom. The summed E-state index contributed by atoms with van der Waals surface area (Å²) in [5.74, 6) is -5.62. The number of fused-ring (bicyclic) bond motifs is 2. The number of carbonyl (C=O) groups is 4. The van der Waals surface area contributed by atoms with E-state index in [9.17, 15) is 47.3 Å². The van der Waals surface area contributed by atoms with Gasteiger partial charge in [0.15, 0.2) is 10.3 Å². The first-order chi connectivity index (χ1) is 29.3. The standard InChI is InChI=1S/C21H17BrF2N4O3S.C19H13BrF2N4O3S/c1-3-31-18(29)12(2)27-19(30)21(23,24)32-20-26-11-17(22)28(20)16-9-8-13(10-25)14-6-4-5-7-15(14)16;1-10(16(27)28)25-17(29)19(21,22)30-18-24-9-15(20)26(18)14-7-6-11(8-23)12-4-2-3-5-13(12)14/h4-9,11-12H,3H2,1-2H3,(H,27,30);2-7,9-10H,1H3,(H,25,29)(H,27,28). The quantitative estimate of drug-likeness (QED) is 0.0567. The summed E-state index contributed by atoms with van der Waals surface area (Å²) in [4.78, 5) is 54.5. The lowest BCUT2D eigenvalue weighted by Gasteiger charge is -2.19. The number of ether oxygens (including phenoxy) is 1. The SMILES string of the molecule is CC(NC(=O)C(F)(F)Sc1ncc(Br)n1-c1ccc(C#N)c2ccccc12)C(=O)O.CCOC(=O)C(C)NC(=O)C(F)(F)Sc1ncc(Br)n1-c1ccc(C#N)c2ccccc12.